The molecule has 1 amide bonds. The summed E-state index contributed by atoms with van der Waals surface area (Å²) in [6.07, 6.45) is -6.61. The van der Waals surface area contributed by atoms with E-state index in [0.29, 0.717) is 13.1 Å². The zero-order chi connectivity index (χ0) is 28.0. The van der Waals surface area contributed by atoms with Crippen LogP contribution >= 0.6 is 7.60 Å². The van der Waals surface area contributed by atoms with Gasteiger partial charge in [-0.15, -0.1) is 0 Å². The lowest BCUT2D eigenvalue weighted by atomic mass is 10.1. The lowest BCUT2D eigenvalue weighted by molar-refractivity contribution is -0.133. The van der Waals surface area contributed by atoms with Crippen molar-refractivity contribution in [3.05, 3.63) is 32.6 Å². The van der Waals surface area contributed by atoms with Gasteiger partial charge in [-0.1, -0.05) is 0 Å². The number of alkyl halides is 2. The van der Waals surface area contributed by atoms with Crippen LogP contribution in [0.1, 0.15) is 32.1 Å². The molecular formula is C21H35F2N4O9P. The Hall–Kier alpha value is -2.00. The van der Waals surface area contributed by atoms with E-state index in [1.165, 1.54) is 20.8 Å². The summed E-state index contributed by atoms with van der Waals surface area (Å²) < 4.78 is 64.5. The highest BCUT2D eigenvalue weighted by Gasteiger charge is 2.58. The number of hydrogen-bond donors (Lipinski definition) is 3. The quantitative estimate of drug-likeness (QED) is 0.274. The number of carbonyl (C=O) groups excluding carboxylic acids is 1. The molecule has 2 rings (SSSR count). The Kier molecular flexibility index (Phi) is 11.1. The van der Waals surface area contributed by atoms with E-state index in [-0.39, 0.29) is 18.8 Å². The lowest BCUT2D eigenvalue weighted by Crippen LogP contribution is -2.42. The number of halogens is 2. The summed E-state index contributed by atoms with van der Waals surface area (Å²) in [6.45, 7) is 3.79. The number of carbonyl (C=O) groups is 1. The van der Waals surface area contributed by atoms with Crippen molar-refractivity contribution in [2.24, 2.45) is 0 Å². The first-order valence-corrected chi connectivity index (χ1v) is 13.3. The van der Waals surface area contributed by atoms with Gasteiger partial charge in [0.05, 0.1) is 25.7 Å². The minimum Gasteiger partial charge on any atom is -0.388 e. The highest BCUT2D eigenvalue weighted by atomic mass is 31.2. The summed E-state index contributed by atoms with van der Waals surface area (Å²) in [5.41, 5.74) is -5.59. The first-order chi connectivity index (χ1) is 17.3. The minimum atomic E-state index is -4.94. The third-order valence-electron chi connectivity index (χ3n) is 5.47. The molecule has 1 aromatic rings. The van der Waals surface area contributed by atoms with Crippen molar-refractivity contribution in [1.29, 1.82) is 0 Å². The Bertz CT molecular complexity index is 1070. The first-order valence-electron chi connectivity index (χ1n) is 11.7. The molecule has 1 aromatic heterocycles. The third-order valence-corrected chi connectivity index (χ3v) is 7.65. The fraction of sp³-hybridized carbons (Fsp3) is 0.762. The second kappa shape index (κ2) is 13.2. The minimum absolute atomic E-state index is 0.101. The summed E-state index contributed by atoms with van der Waals surface area (Å²) in [4.78, 5) is 40.4. The molecule has 0 radical (unpaired) electrons. The molecule has 1 aliphatic heterocycles. The number of aryl methyl sites for hydroxylation is 1. The van der Waals surface area contributed by atoms with Gasteiger partial charge in [-0.3, -0.25) is 23.7 Å². The fourth-order valence-electron chi connectivity index (χ4n) is 3.63. The number of aromatic amines is 1. The highest BCUT2D eigenvalue weighted by Crippen LogP contribution is 2.64. The van der Waals surface area contributed by atoms with Crippen LogP contribution in [-0.4, -0.2) is 96.4 Å². The Balaban J connectivity index is 2.32. The molecule has 13 nitrogen and oxygen atoms in total. The Labute approximate surface area is 212 Å². The van der Waals surface area contributed by atoms with Crippen LogP contribution in [0.5, 0.6) is 0 Å². The molecule has 0 aliphatic carbocycles. The largest absolute Gasteiger partial charge is 0.399 e. The van der Waals surface area contributed by atoms with Gasteiger partial charge in [-0.25, -0.2) is 4.79 Å². The number of nitrogens with one attached hydrogen (secondary N) is 2. The first kappa shape index (κ1) is 31.2. The smallest absolute Gasteiger partial charge is 0.388 e. The van der Waals surface area contributed by atoms with Gasteiger partial charge in [-0.2, -0.15) is 8.78 Å². The number of amides is 1. The molecule has 1 fully saturated rings. The fourth-order valence-corrected chi connectivity index (χ4v) is 5.16. The van der Waals surface area contributed by atoms with Crippen LogP contribution in [0, 0.1) is 6.92 Å². The molecule has 1 saturated heterocycles. The standard InChI is InChI=1S/C21H35F2N4O9P/c1-6-34-37(32,35-7-2)21(22,23)10-14-16(29)17(33-12-15(28)24-8-9-26(4)5)19(36-14)27-11-13(3)18(30)25-20(27)31/h11,14,16-17,19,29H,6-10,12H2,1-5H3,(H,24,28)(H,25,30,31)/t14-,16-,17-,19-/m1/s1. The third kappa shape index (κ3) is 7.76. The molecule has 3 N–H and O–H groups in total. The molecule has 0 saturated carbocycles. The second-order valence-electron chi connectivity index (χ2n) is 8.67. The number of hydrogen-bond acceptors (Lipinski definition) is 10. The van der Waals surface area contributed by atoms with Crippen molar-refractivity contribution in [3.8, 4) is 0 Å². The molecule has 0 spiro atoms. The summed E-state index contributed by atoms with van der Waals surface area (Å²) in [5.74, 6) is -0.552. The predicted molar refractivity (Wildman–Crippen MR) is 128 cm³/mol. The molecular weight excluding hydrogens is 521 g/mol. The van der Waals surface area contributed by atoms with Crippen LogP contribution in [0.2, 0.25) is 0 Å². The zero-order valence-corrected chi connectivity index (χ0v) is 22.3. The second-order valence-corrected chi connectivity index (χ2v) is 10.8. The zero-order valence-electron chi connectivity index (χ0n) is 21.4. The van der Waals surface area contributed by atoms with Crippen molar-refractivity contribution < 1.29 is 41.8 Å². The van der Waals surface area contributed by atoms with E-state index >= 15 is 8.78 Å². The number of ether oxygens (including phenoxy) is 2. The number of aliphatic hydroxyl groups is 1. The maximum Gasteiger partial charge on any atom is 0.399 e. The van der Waals surface area contributed by atoms with E-state index < -0.39 is 68.0 Å². The normalized spacial score (nSPS) is 22.5. The van der Waals surface area contributed by atoms with E-state index in [4.69, 9.17) is 18.5 Å². The molecule has 212 valence electrons. The number of aromatic nitrogens is 2. The Morgan fingerprint density at radius 2 is 1.92 bits per heavy atom. The summed E-state index contributed by atoms with van der Waals surface area (Å²) in [5, 5.41) is 13.5. The van der Waals surface area contributed by atoms with Gasteiger partial charge in [0.15, 0.2) is 6.23 Å². The van der Waals surface area contributed by atoms with Crippen molar-refractivity contribution in [2.45, 2.75) is 57.4 Å². The molecule has 0 aromatic carbocycles. The summed E-state index contributed by atoms with van der Waals surface area (Å²) in [7, 11) is -1.31. The van der Waals surface area contributed by atoms with Gasteiger partial charge < -0.3 is 33.8 Å². The number of rotatable bonds is 14. The maximum atomic E-state index is 15.1. The molecule has 2 heterocycles. The maximum absolute atomic E-state index is 15.1. The van der Waals surface area contributed by atoms with Crippen LogP contribution in [-0.2, 0) is 27.9 Å². The Morgan fingerprint density at radius 1 is 1.30 bits per heavy atom. The van der Waals surface area contributed by atoms with Crippen molar-refractivity contribution in [2.75, 3.05) is 47.0 Å². The summed E-state index contributed by atoms with van der Waals surface area (Å²) in [6, 6.07) is 0. The van der Waals surface area contributed by atoms with Crippen LogP contribution < -0.4 is 16.6 Å². The van der Waals surface area contributed by atoms with E-state index in [2.05, 4.69) is 10.3 Å². The van der Waals surface area contributed by atoms with Crippen LogP contribution in [0.15, 0.2) is 15.8 Å². The highest BCUT2D eigenvalue weighted by molar-refractivity contribution is 7.55. The average molecular weight is 557 g/mol. The van der Waals surface area contributed by atoms with Crippen LogP contribution in [0.3, 0.4) is 0 Å². The number of likely N-dealkylation sites (N-methyl/N-ethyl adjacent to an activating group) is 1. The Morgan fingerprint density at radius 3 is 2.49 bits per heavy atom. The molecule has 0 bridgehead atoms. The van der Waals surface area contributed by atoms with Gasteiger partial charge in [0.1, 0.15) is 18.8 Å². The molecule has 16 heteroatoms. The van der Waals surface area contributed by atoms with Gasteiger partial charge >= 0.3 is 18.9 Å². The number of aliphatic hydroxyl groups excluding tert-OH is 1. The lowest BCUT2D eigenvalue weighted by Gasteiger charge is -2.28. The van der Waals surface area contributed by atoms with Crippen molar-refractivity contribution in [1.82, 2.24) is 19.8 Å². The average Bonchev–Trinajstić information content (AvgIpc) is 3.09. The van der Waals surface area contributed by atoms with Crippen molar-refractivity contribution >= 4 is 13.5 Å². The van der Waals surface area contributed by atoms with Gasteiger partial charge in [0.25, 0.3) is 5.56 Å². The molecule has 1 aliphatic rings. The van der Waals surface area contributed by atoms with Gasteiger partial charge in [0, 0.05) is 24.8 Å². The van der Waals surface area contributed by atoms with Crippen molar-refractivity contribution in [3.63, 3.8) is 0 Å². The predicted octanol–water partition coefficient (Wildman–Crippen LogP) is 0.415. The van der Waals surface area contributed by atoms with Gasteiger partial charge in [0.2, 0.25) is 5.91 Å². The molecule has 0 unspecified atom stereocenters. The summed E-state index contributed by atoms with van der Waals surface area (Å²) >= 11 is 0. The van der Waals surface area contributed by atoms with E-state index in [0.717, 1.165) is 10.8 Å². The number of nitrogens with zero attached hydrogens (tertiary/aromatic N) is 2. The SMILES string of the molecule is CCOP(=O)(OCC)C(F)(F)C[C@H]1O[C@@H](n2cc(C)c(=O)[nH]c2=O)[C@H](OCC(=O)NCCN(C)C)[C@@H]1O. The van der Waals surface area contributed by atoms with E-state index in [1.807, 2.05) is 19.0 Å². The van der Waals surface area contributed by atoms with Crippen LogP contribution in [0.4, 0.5) is 8.78 Å². The topological polar surface area (TPSA) is 161 Å². The monoisotopic (exact) mass is 556 g/mol. The van der Waals surface area contributed by atoms with Gasteiger partial charge in [-0.05, 0) is 34.9 Å². The number of H-pyrrole nitrogens is 1. The van der Waals surface area contributed by atoms with E-state index in [9.17, 15) is 24.1 Å². The molecule has 37 heavy (non-hydrogen) atoms. The molecule has 4 atom stereocenters. The van der Waals surface area contributed by atoms with E-state index in [1.54, 1.807) is 0 Å². The van der Waals surface area contributed by atoms with Crippen LogP contribution in [0.25, 0.3) is 0 Å².